The van der Waals surface area contributed by atoms with Crippen molar-refractivity contribution in [2.24, 2.45) is 0 Å². The molecule has 1 aromatic carbocycles. The van der Waals surface area contributed by atoms with Crippen molar-refractivity contribution in [1.82, 2.24) is 0 Å². The Labute approximate surface area is 99.1 Å². The second-order valence-corrected chi connectivity index (χ2v) is 3.62. The molecule has 4 heteroatoms. The lowest BCUT2D eigenvalue weighted by Gasteiger charge is -2.07. The van der Waals surface area contributed by atoms with Crippen LogP contribution in [0.2, 0.25) is 0 Å². The average molecular weight is 233 g/mol. The number of hydrogen-bond donors (Lipinski definition) is 0. The highest BCUT2D eigenvalue weighted by molar-refractivity contribution is 5.66. The molecule has 0 bridgehead atoms. The van der Waals surface area contributed by atoms with E-state index in [9.17, 15) is 9.18 Å². The third-order valence-electron chi connectivity index (χ3n) is 2.11. The molecule has 17 heavy (non-hydrogen) atoms. The van der Waals surface area contributed by atoms with Gasteiger partial charge in [0.1, 0.15) is 12.4 Å². The molecule has 0 aliphatic heterocycles. The maximum absolute atomic E-state index is 12.9. The molecule has 0 aliphatic carbocycles. The summed E-state index contributed by atoms with van der Waals surface area (Å²) < 4.78 is 17.7. The molecule has 0 amide bonds. The fourth-order valence-electron chi connectivity index (χ4n) is 1.33. The molecule has 0 N–H and O–H groups in total. The maximum atomic E-state index is 12.9. The first-order chi connectivity index (χ1) is 8.02. The van der Waals surface area contributed by atoms with E-state index in [2.05, 4.69) is 6.58 Å². The van der Waals surface area contributed by atoms with Crippen LogP contribution in [-0.2, 0) is 16.0 Å². The summed E-state index contributed by atoms with van der Waals surface area (Å²) in [5.41, 5.74) is 1.60. The van der Waals surface area contributed by atoms with E-state index >= 15 is 0 Å². The zero-order chi connectivity index (χ0) is 12.8. The lowest BCUT2D eigenvalue weighted by atomic mass is 10.0. The van der Waals surface area contributed by atoms with Gasteiger partial charge in [0.2, 0.25) is 0 Å². The van der Waals surface area contributed by atoms with E-state index in [0.717, 1.165) is 0 Å². The number of carbonyl (C=O) groups excluding carboxylic acids is 1. The van der Waals surface area contributed by atoms with E-state index < -0.39 is 5.82 Å². The van der Waals surface area contributed by atoms with E-state index in [0.29, 0.717) is 17.6 Å². The van der Waals surface area contributed by atoms with Crippen molar-refractivity contribution < 1.29 is 13.9 Å². The quantitative estimate of drug-likeness (QED) is 0.592. The number of benzene rings is 1. The number of halogens is 1. The van der Waals surface area contributed by atoms with Crippen molar-refractivity contribution >= 4 is 5.97 Å². The smallest absolute Gasteiger partial charge is 0.302 e. The Morgan fingerprint density at radius 3 is 2.88 bits per heavy atom. The zero-order valence-electron chi connectivity index (χ0n) is 9.50. The molecule has 0 saturated heterocycles. The van der Waals surface area contributed by atoms with Gasteiger partial charge in [0.25, 0.3) is 0 Å². The fraction of sp³-hybridized carbons (Fsp3) is 0.231. The summed E-state index contributed by atoms with van der Waals surface area (Å²) in [4.78, 5) is 10.6. The van der Waals surface area contributed by atoms with Crippen LogP contribution in [0.1, 0.15) is 18.1 Å². The number of esters is 1. The Kier molecular flexibility index (Phi) is 4.41. The summed E-state index contributed by atoms with van der Waals surface area (Å²) in [7, 11) is 0. The summed E-state index contributed by atoms with van der Waals surface area (Å²) in [5, 5.41) is 8.84. The molecule has 0 heterocycles. The third-order valence-corrected chi connectivity index (χ3v) is 2.11. The van der Waals surface area contributed by atoms with Gasteiger partial charge in [-0.1, -0.05) is 12.6 Å². The number of ether oxygens (including phenoxy) is 1. The lowest BCUT2D eigenvalue weighted by Crippen LogP contribution is -2.05. The van der Waals surface area contributed by atoms with Gasteiger partial charge in [-0.25, -0.2) is 4.39 Å². The van der Waals surface area contributed by atoms with E-state index in [-0.39, 0.29) is 18.1 Å². The van der Waals surface area contributed by atoms with Gasteiger partial charge in [0.05, 0.1) is 11.6 Å². The van der Waals surface area contributed by atoms with Gasteiger partial charge in [-0.2, -0.15) is 5.26 Å². The van der Waals surface area contributed by atoms with Crippen LogP contribution in [0, 0.1) is 17.1 Å². The minimum atomic E-state index is -0.448. The van der Waals surface area contributed by atoms with Crippen LogP contribution >= 0.6 is 0 Å². The van der Waals surface area contributed by atoms with E-state index in [1.807, 2.05) is 6.07 Å². The van der Waals surface area contributed by atoms with Crippen LogP contribution in [0.5, 0.6) is 0 Å². The molecule has 1 aromatic rings. The Bertz CT molecular complexity index is 489. The highest BCUT2D eigenvalue weighted by Crippen LogP contribution is 2.14. The maximum Gasteiger partial charge on any atom is 0.302 e. The van der Waals surface area contributed by atoms with E-state index in [4.69, 9.17) is 10.00 Å². The van der Waals surface area contributed by atoms with E-state index in [1.165, 1.54) is 25.1 Å². The van der Waals surface area contributed by atoms with Crippen LogP contribution in [0.25, 0.3) is 0 Å². The summed E-state index contributed by atoms with van der Waals surface area (Å²) >= 11 is 0. The number of hydrogen-bond acceptors (Lipinski definition) is 3. The van der Waals surface area contributed by atoms with Gasteiger partial charge in [0, 0.05) is 6.92 Å². The fourth-order valence-corrected chi connectivity index (χ4v) is 1.33. The summed E-state index contributed by atoms with van der Waals surface area (Å²) in [5.74, 6) is -0.832. The SMILES string of the molecule is C=C(COC(C)=O)Cc1ccc(F)cc1C#N. The number of nitriles is 1. The van der Waals surface area contributed by atoms with Crippen molar-refractivity contribution in [3.63, 3.8) is 0 Å². The van der Waals surface area contributed by atoms with Crippen molar-refractivity contribution in [2.45, 2.75) is 13.3 Å². The number of rotatable bonds is 4. The Hall–Kier alpha value is -2.15. The minimum absolute atomic E-state index is 0.109. The molecular weight excluding hydrogens is 221 g/mol. The second-order valence-electron chi connectivity index (χ2n) is 3.62. The largest absolute Gasteiger partial charge is 0.461 e. The lowest BCUT2D eigenvalue weighted by molar-refractivity contribution is -0.140. The summed E-state index contributed by atoms with van der Waals surface area (Å²) in [6, 6.07) is 5.91. The highest BCUT2D eigenvalue weighted by Gasteiger charge is 2.06. The normalized spacial score (nSPS) is 9.47. The third kappa shape index (κ3) is 4.07. The van der Waals surface area contributed by atoms with Crippen LogP contribution in [-0.4, -0.2) is 12.6 Å². The molecular formula is C13H12FNO2. The van der Waals surface area contributed by atoms with Crippen LogP contribution in [0.4, 0.5) is 4.39 Å². The first kappa shape index (κ1) is 12.9. The first-order valence-electron chi connectivity index (χ1n) is 5.01. The molecule has 0 aromatic heterocycles. The zero-order valence-corrected chi connectivity index (χ0v) is 9.50. The second kappa shape index (κ2) is 5.80. The number of nitrogens with zero attached hydrogens (tertiary/aromatic N) is 1. The highest BCUT2D eigenvalue weighted by atomic mass is 19.1. The van der Waals surface area contributed by atoms with E-state index in [1.54, 1.807) is 0 Å². The molecule has 0 fully saturated rings. The predicted molar refractivity (Wildman–Crippen MR) is 60.6 cm³/mol. The van der Waals surface area contributed by atoms with Gasteiger partial charge in [-0.3, -0.25) is 4.79 Å². The van der Waals surface area contributed by atoms with Gasteiger partial charge >= 0.3 is 5.97 Å². The standard InChI is InChI=1S/C13H12FNO2/c1-9(8-17-10(2)16)5-11-3-4-13(14)6-12(11)7-15/h3-4,6H,1,5,8H2,2H3. The Balaban J connectivity index is 2.72. The molecule has 0 spiro atoms. The van der Waals surface area contributed by atoms with Gasteiger partial charge < -0.3 is 4.74 Å². The van der Waals surface area contributed by atoms with Crippen LogP contribution in [0.15, 0.2) is 30.4 Å². The predicted octanol–water partition coefficient (Wildman–Crippen LogP) is 2.36. The van der Waals surface area contributed by atoms with Crippen molar-refractivity contribution in [3.8, 4) is 6.07 Å². The monoisotopic (exact) mass is 233 g/mol. The van der Waals surface area contributed by atoms with Crippen molar-refractivity contribution in [2.75, 3.05) is 6.61 Å². The van der Waals surface area contributed by atoms with Gasteiger partial charge in [-0.15, -0.1) is 0 Å². The van der Waals surface area contributed by atoms with Crippen molar-refractivity contribution in [3.05, 3.63) is 47.3 Å². The minimum Gasteiger partial charge on any atom is -0.461 e. The van der Waals surface area contributed by atoms with Crippen molar-refractivity contribution in [1.29, 1.82) is 5.26 Å². The molecule has 0 aliphatic rings. The first-order valence-corrected chi connectivity index (χ1v) is 5.01. The molecule has 0 unspecified atom stereocenters. The Morgan fingerprint density at radius 1 is 1.59 bits per heavy atom. The molecule has 0 saturated carbocycles. The Morgan fingerprint density at radius 2 is 2.29 bits per heavy atom. The molecule has 0 radical (unpaired) electrons. The summed E-state index contributed by atoms with van der Waals surface area (Å²) in [6.07, 6.45) is 0.385. The number of carbonyl (C=O) groups is 1. The topological polar surface area (TPSA) is 50.1 Å². The molecule has 0 atom stereocenters. The van der Waals surface area contributed by atoms with Gasteiger partial charge in [0.15, 0.2) is 0 Å². The molecule has 88 valence electrons. The van der Waals surface area contributed by atoms with Crippen LogP contribution < -0.4 is 0 Å². The average Bonchev–Trinajstić information content (AvgIpc) is 2.28. The van der Waals surface area contributed by atoms with Crippen LogP contribution in [0.3, 0.4) is 0 Å². The molecule has 1 rings (SSSR count). The summed E-state index contributed by atoms with van der Waals surface area (Å²) in [6.45, 7) is 5.16. The molecule has 3 nitrogen and oxygen atoms in total. The van der Waals surface area contributed by atoms with Gasteiger partial charge in [-0.05, 0) is 29.7 Å².